The molecule has 1 heterocycles. The summed E-state index contributed by atoms with van der Waals surface area (Å²) in [5.74, 6) is 0.710. The Morgan fingerprint density at radius 1 is 1.30 bits per heavy atom. The summed E-state index contributed by atoms with van der Waals surface area (Å²) in [6.07, 6.45) is 6.31. The Kier molecular flexibility index (Phi) is 5.99. The van der Waals surface area contributed by atoms with E-state index in [1.54, 1.807) is 6.07 Å². The molecule has 0 aliphatic carbocycles. The minimum absolute atomic E-state index is 0.0246. The van der Waals surface area contributed by atoms with E-state index in [2.05, 4.69) is 11.8 Å². The van der Waals surface area contributed by atoms with Crippen molar-refractivity contribution in [1.82, 2.24) is 4.90 Å². The number of halogens is 1. The topological polar surface area (TPSA) is 29.3 Å². The number of hydrogen-bond donors (Lipinski definition) is 1. The fraction of sp³-hybridized carbons (Fsp3) is 0.647. The van der Waals surface area contributed by atoms with Gasteiger partial charge in [-0.3, -0.25) is 4.90 Å². The predicted octanol–water partition coefficient (Wildman–Crippen LogP) is 3.73. The second-order valence-corrected chi connectivity index (χ2v) is 5.89. The van der Waals surface area contributed by atoms with Gasteiger partial charge < -0.3 is 5.73 Å². The molecule has 0 amide bonds. The van der Waals surface area contributed by atoms with E-state index in [0.29, 0.717) is 6.54 Å². The van der Waals surface area contributed by atoms with Gasteiger partial charge in [0.25, 0.3) is 0 Å². The van der Waals surface area contributed by atoms with Crippen LogP contribution >= 0.6 is 0 Å². The zero-order valence-corrected chi connectivity index (χ0v) is 12.5. The number of benzene rings is 1. The molecule has 112 valence electrons. The average molecular weight is 278 g/mol. The van der Waals surface area contributed by atoms with Crippen LogP contribution in [0.3, 0.4) is 0 Å². The lowest BCUT2D eigenvalue weighted by molar-refractivity contribution is 0.202. The number of nitrogens with zero attached hydrogens (tertiary/aromatic N) is 1. The normalized spacial score (nSPS) is 22.4. The molecule has 1 aliphatic rings. The monoisotopic (exact) mass is 278 g/mol. The Morgan fingerprint density at radius 3 is 2.80 bits per heavy atom. The second kappa shape index (κ2) is 7.75. The van der Waals surface area contributed by atoms with E-state index in [1.807, 2.05) is 12.1 Å². The molecule has 2 unspecified atom stereocenters. The van der Waals surface area contributed by atoms with Crippen molar-refractivity contribution in [3.05, 3.63) is 35.6 Å². The smallest absolute Gasteiger partial charge is 0.128 e. The zero-order valence-electron chi connectivity index (χ0n) is 12.5. The van der Waals surface area contributed by atoms with Gasteiger partial charge >= 0.3 is 0 Å². The van der Waals surface area contributed by atoms with Crippen LogP contribution in [0.15, 0.2) is 24.3 Å². The molecule has 2 N–H and O–H groups in total. The Bertz CT molecular complexity index is 408. The van der Waals surface area contributed by atoms with E-state index < -0.39 is 0 Å². The lowest BCUT2D eigenvalue weighted by Crippen LogP contribution is -2.35. The van der Waals surface area contributed by atoms with E-state index in [1.165, 1.54) is 38.2 Å². The maximum absolute atomic E-state index is 14.0. The molecule has 3 heteroatoms. The van der Waals surface area contributed by atoms with Gasteiger partial charge in [-0.2, -0.15) is 0 Å². The molecule has 0 spiro atoms. The first-order valence-corrected chi connectivity index (χ1v) is 7.94. The first-order valence-electron chi connectivity index (χ1n) is 7.94. The zero-order chi connectivity index (χ0) is 14.4. The lowest BCUT2D eigenvalue weighted by atomic mass is 9.96. The van der Waals surface area contributed by atoms with E-state index in [9.17, 15) is 4.39 Å². The summed E-state index contributed by atoms with van der Waals surface area (Å²) in [6, 6.07) is 7.08. The molecule has 0 aromatic heterocycles. The van der Waals surface area contributed by atoms with E-state index >= 15 is 0 Å². The van der Waals surface area contributed by atoms with Gasteiger partial charge in [-0.05, 0) is 44.3 Å². The van der Waals surface area contributed by atoms with Crippen molar-refractivity contribution in [2.75, 3.05) is 19.6 Å². The summed E-state index contributed by atoms with van der Waals surface area (Å²) in [4.78, 5) is 2.38. The molecular formula is C17H27FN2. The Hall–Kier alpha value is -0.930. The fourth-order valence-electron chi connectivity index (χ4n) is 3.41. The third-order valence-electron chi connectivity index (χ3n) is 4.51. The first kappa shape index (κ1) is 15.5. The van der Waals surface area contributed by atoms with Gasteiger partial charge in [-0.25, -0.2) is 4.39 Å². The van der Waals surface area contributed by atoms with Gasteiger partial charge in [0.1, 0.15) is 5.82 Å². The van der Waals surface area contributed by atoms with Crippen LogP contribution in [0.1, 0.15) is 50.6 Å². The molecular weight excluding hydrogens is 251 g/mol. The summed E-state index contributed by atoms with van der Waals surface area (Å²) >= 11 is 0. The van der Waals surface area contributed by atoms with Gasteiger partial charge in [-0.1, -0.05) is 38.0 Å². The van der Waals surface area contributed by atoms with Crippen molar-refractivity contribution in [3.63, 3.8) is 0 Å². The highest BCUT2D eigenvalue weighted by Gasteiger charge is 2.24. The molecule has 0 radical (unpaired) electrons. The molecule has 0 bridgehead atoms. The van der Waals surface area contributed by atoms with Crippen LogP contribution in [0.2, 0.25) is 0 Å². The molecule has 0 saturated carbocycles. The highest BCUT2D eigenvalue weighted by molar-refractivity contribution is 5.21. The van der Waals surface area contributed by atoms with Gasteiger partial charge in [0.15, 0.2) is 0 Å². The molecule has 2 rings (SSSR count). The van der Waals surface area contributed by atoms with Crippen LogP contribution in [-0.4, -0.2) is 24.5 Å². The maximum Gasteiger partial charge on any atom is 0.128 e. The van der Waals surface area contributed by atoms with Crippen molar-refractivity contribution < 1.29 is 4.39 Å². The minimum atomic E-state index is -0.127. The number of rotatable bonds is 5. The standard InChI is InChI=1S/C17H27FN2/c1-2-6-14-7-5-11-20(12-10-14)17(13-19)15-8-3-4-9-16(15)18/h3-4,8-9,14,17H,2,5-7,10-13,19H2,1H3. The second-order valence-electron chi connectivity index (χ2n) is 5.89. The summed E-state index contributed by atoms with van der Waals surface area (Å²) in [7, 11) is 0. The van der Waals surface area contributed by atoms with Crippen LogP contribution in [0.4, 0.5) is 4.39 Å². The molecule has 20 heavy (non-hydrogen) atoms. The quantitative estimate of drug-likeness (QED) is 0.889. The van der Waals surface area contributed by atoms with Crippen molar-refractivity contribution in [2.45, 2.75) is 45.1 Å². The Balaban J connectivity index is 2.06. The SMILES string of the molecule is CCCC1CCCN(C(CN)c2ccccc2F)CC1. The molecule has 2 nitrogen and oxygen atoms in total. The first-order chi connectivity index (χ1) is 9.76. The van der Waals surface area contributed by atoms with Crippen molar-refractivity contribution in [1.29, 1.82) is 0 Å². The van der Waals surface area contributed by atoms with Crippen LogP contribution in [0, 0.1) is 11.7 Å². The minimum Gasteiger partial charge on any atom is -0.329 e. The molecule has 1 aliphatic heterocycles. The van der Waals surface area contributed by atoms with E-state index in [0.717, 1.165) is 24.6 Å². The van der Waals surface area contributed by atoms with Gasteiger partial charge in [0.05, 0.1) is 0 Å². The number of nitrogens with two attached hydrogens (primary N) is 1. The van der Waals surface area contributed by atoms with Crippen LogP contribution in [0.5, 0.6) is 0 Å². The largest absolute Gasteiger partial charge is 0.329 e. The lowest BCUT2D eigenvalue weighted by Gasteiger charge is -2.30. The highest BCUT2D eigenvalue weighted by atomic mass is 19.1. The van der Waals surface area contributed by atoms with Crippen molar-refractivity contribution in [2.24, 2.45) is 11.7 Å². The maximum atomic E-state index is 14.0. The summed E-state index contributed by atoms with van der Waals surface area (Å²) in [5.41, 5.74) is 6.69. The van der Waals surface area contributed by atoms with Crippen LogP contribution < -0.4 is 5.73 Å². The third kappa shape index (κ3) is 3.80. The molecule has 1 fully saturated rings. The van der Waals surface area contributed by atoms with Crippen LogP contribution in [-0.2, 0) is 0 Å². The van der Waals surface area contributed by atoms with Crippen LogP contribution in [0.25, 0.3) is 0 Å². The number of likely N-dealkylation sites (tertiary alicyclic amines) is 1. The third-order valence-corrected chi connectivity index (χ3v) is 4.51. The Labute approximate surface area is 122 Å². The van der Waals surface area contributed by atoms with Gasteiger partial charge in [-0.15, -0.1) is 0 Å². The van der Waals surface area contributed by atoms with E-state index in [4.69, 9.17) is 5.73 Å². The number of hydrogen-bond acceptors (Lipinski definition) is 2. The molecule has 1 aromatic carbocycles. The average Bonchev–Trinajstić information content (AvgIpc) is 2.68. The van der Waals surface area contributed by atoms with Gasteiger partial charge in [0, 0.05) is 18.2 Å². The predicted molar refractivity (Wildman–Crippen MR) is 82.0 cm³/mol. The van der Waals surface area contributed by atoms with Gasteiger partial charge in [0.2, 0.25) is 0 Å². The summed E-state index contributed by atoms with van der Waals surface area (Å²) < 4.78 is 14.0. The fourth-order valence-corrected chi connectivity index (χ4v) is 3.41. The molecule has 1 aromatic rings. The summed E-state index contributed by atoms with van der Waals surface area (Å²) in [6.45, 7) is 4.82. The highest BCUT2D eigenvalue weighted by Crippen LogP contribution is 2.28. The van der Waals surface area contributed by atoms with E-state index in [-0.39, 0.29) is 11.9 Å². The molecule has 1 saturated heterocycles. The Morgan fingerprint density at radius 2 is 2.10 bits per heavy atom. The van der Waals surface area contributed by atoms with Crippen molar-refractivity contribution >= 4 is 0 Å². The molecule has 2 atom stereocenters. The van der Waals surface area contributed by atoms with Crippen molar-refractivity contribution in [3.8, 4) is 0 Å². The summed E-state index contributed by atoms with van der Waals surface area (Å²) in [5, 5.41) is 0.